The zero-order valence-electron chi connectivity index (χ0n) is 12.6. The predicted molar refractivity (Wildman–Crippen MR) is 78.4 cm³/mol. The minimum Gasteiger partial charge on any atom is -0.339 e. The summed E-state index contributed by atoms with van der Waals surface area (Å²) >= 11 is 1.50. The molecule has 1 amide bonds. The van der Waals surface area contributed by atoms with Crippen molar-refractivity contribution in [2.24, 2.45) is 5.92 Å². The van der Waals surface area contributed by atoms with Gasteiger partial charge >= 0.3 is 0 Å². The van der Waals surface area contributed by atoms with Gasteiger partial charge in [0.25, 0.3) is 0 Å². The number of piperidine rings is 1. The number of carbonyl (C=O) groups excluding carboxylic acids is 1. The van der Waals surface area contributed by atoms with E-state index in [9.17, 15) is 4.79 Å². The molecule has 2 heterocycles. The molecule has 6 nitrogen and oxygen atoms in total. The van der Waals surface area contributed by atoms with Crippen LogP contribution in [0.4, 0.5) is 0 Å². The van der Waals surface area contributed by atoms with Gasteiger partial charge in [0.1, 0.15) is 0 Å². The molecule has 112 valence electrons. The lowest BCUT2D eigenvalue weighted by molar-refractivity contribution is -0.134. The molecule has 1 aliphatic heterocycles. The third kappa shape index (κ3) is 3.50. The van der Waals surface area contributed by atoms with Crippen LogP contribution in [0, 0.1) is 5.92 Å². The molecule has 1 aromatic rings. The summed E-state index contributed by atoms with van der Waals surface area (Å²) in [5.41, 5.74) is 0. The average molecular weight is 297 g/mol. The molecule has 1 aromatic heterocycles. The van der Waals surface area contributed by atoms with E-state index in [1.807, 2.05) is 4.90 Å². The van der Waals surface area contributed by atoms with E-state index in [1.54, 1.807) is 4.68 Å². The fourth-order valence-corrected chi connectivity index (χ4v) is 3.45. The van der Waals surface area contributed by atoms with E-state index in [0.29, 0.717) is 5.92 Å². The van der Waals surface area contributed by atoms with Crippen molar-refractivity contribution in [1.82, 2.24) is 25.1 Å². The van der Waals surface area contributed by atoms with Crippen LogP contribution < -0.4 is 0 Å². The number of rotatable bonds is 5. The van der Waals surface area contributed by atoms with E-state index in [4.69, 9.17) is 0 Å². The Morgan fingerprint density at radius 2 is 2.10 bits per heavy atom. The normalized spacial score (nSPS) is 20.2. The Morgan fingerprint density at radius 3 is 2.75 bits per heavy atom. The summed E-state index contributed by atoms with van der Waals surface area (Å²) in [6, 6.07) is 0.262. The van der Waals surface area contributed by atoms with Crippen molar-refractivity contribution in [3.05, 3.63) is 0 Å². The van der Waals surface area contributed by atoms with Gasteiger partial charge in [0.05, 0.1) is 5.25 Å². The van der Waals surface area contributed by atoms with Crippen molar-refractivity contribution < 1.29 is 4.79 Å². The van der Waals surface area contributed by atoms with Crippen LogP contribution in [-0.4, -0.2) is 48.9 Å². The molecule has 1 atom stereocenters. The van der Waals surface area contributed by atoms with Crippen LogP contribution in [0.2, 0.25) is 0 Å². The van der Waals surface area contributed by atoms with Gasteiger partial charge in [-0.25, -0.2) is 4.68 Å². The first-order valence-corrected chi connectivity index (χ1v) is 8.10. The van der Waals surface area contributed by atoms with E-state index >= 15 is 0 Å². The minimum absolute atomic E-state index is 0.0527. The molecule has 0 spiro atoms. The van der Waals surface area contributed by atoms with Crippen LogP contribution in [0.15, 0.2) is 5.16 Å². The standard InChI is InChI=1S/C13H23N5OS/c1-9(2)8-18-13(14-15-16-18)20-11-6-5-7-17(10(3)4)12(11)19/h9-11H,5-8H2,1-4H3. The summed E-state index contributed by atoms with van der Waals surface area (Å²) in [5.74, 6) is 0.697. The summed E-state index contributed by atoms with van der Waals surface area (Å²) in [6.45, 7) is 10.0. The Labute approximate surface area is 124 Å². The number of tetrazole rings is 1. The Kier molecular flexibility index (Phi) is 5.01. The first kappa shape index (κ1) is 15.3. The summed E-state index contributed by atoms with van der Waals surface area (Å²) in [6.07, 6.45) is 1.95. The number of likely N-dealkylation sites (tertiary alicyclic amines) is 1. The Hall–Kier alpha value is -1.11. The smallest absolute Gasteiger partial charge is 0.236 e. The van der Waals surface area contributed by atoms with Crippen LogP contribution >= 0.6 is 11.8 Å². The monoisotopic (exact) mass is 297 g/mol. The van der Waals surface area contributed by atoms with Crippen LogP contribution in [0.5, 0.6) is 0 Å². The zero-order valence-corrected chi connectivity index (χ0v) is 13.4. The van der Waals surface area contributed by atoms with Crippen molar-refractivity contribution in [3.63, 3.8) is 0 Å². The second-order valence-electron chi connectivity index (χ2n) is 5.91. The summed E-state index contributed by atoms with van der Waals surface area (Å²) in [4.78, 5) is 14.4. The number of hydrogen-bond acceptors (Lipinski definition) is 5. The Bertz CT molecular complexity index is 459. The largest absolute Gasteiger partial charge is 0.339 e. The molecular weight excluding hydrogens is 274 g/mol. The molecule has 0 aliphatic carbocycles. The summed E-state index contributed by atoms with van der Waals surface area (Å²) < 4.78 is 1.80. The van der Waals surface area contributed by atoms with Crippen molar-refractivity contribution in [2.75, 3.05) is 6.54 Å². The number of nitrogens with zero attached hydrogens (tertiary/aromatic N) is 5. The Balaban J connectivity index is 2.06. The third-order valence-corrected chi connectivity index (χ3v) is 4.56. The van der Waals surface area contributed by atoms with Crippen LogP contribution in [0.3, 0.4) is 0 Å². The molecule has 1 aliphatic rings. The quantitative estimate of drug-likeness (QED) is 0.829. The fraction of sp³-hybridized carbons (Fsp3) is 0.846. The van der Waals surface area contributed by atoms with Gasteiger partial charge in [-0.05, 0) is 43.0 Å². The fourth-order valence-electron chi connectivity index (χ4n) is 2.36. The van der Waals surface area contributed by atoms with E-state index in [2.05, 4.69) is 43.2 Å². The van der Waals surface area contributed by atoms with Gasteiger partial charge < -0.3 is 4.90 Å². The first-order chi connectivity index (χ1) is 9.49. The van der Waals surface area contributed by atoms with Gasteiger partial charge in [0, 0.05) is 19.1 Å². The van der Waals surface area contributed by atoms with Crippen LogP contribution in [0.1, 0.15) is 40.5 Å². The first-order valence-electron chi connectivity index (χ1n) is 7.22. The van der Waals surface area contributed by atoms with Crippen molar-refractivity contribution >= 4 is 17.7 Å². The molecule has 0 bridgehead atoms. The highest BCUT2D eigenvalue weighted by molar-refractivity contribution is 8.00. The second-order valence-corrected chi connectivity index (χ2v) is 7.08. The molecule has 0 N–H and O–H groups in total. The maximum absolute atomic E-state index is 12.5. The molecule has 7 heteroatoms. The summed E-state index contributed by atoms with van der Waals surface area (Å²) in [5, 5.41) is 12.5. The Morgan fingerprint density at radius 1 is 1.35 bits per heavy atom. The second kappa shape index (κ2) is 6.56. The maximum atomic E-state index is 12.5. The number of carbonyl (C=O) groups is 1. The minimum atomic E-state index is -0.0527. The zero-order chi connectivity index (χ0) is 14.7. The van der Waals surface area contributed by atoms with Gasteiger partial charge in [0.2, 0.25) is 11.1 Å². The van der Waals surface area contributed by atoms with Gasteiger partial charge in [-0.1, -0.05) is 25.6 Å². The van der Waals surface area contributed by atoms with Gasteiger partial charge in [0.15, 0.2) is 0 Å². The topological polar surface area (TPSA) is 63.9 Å². The molecule has 2 rings (SSSR count). The molecule has 0 radical (unpaired) electrons. The van der Waals surface area contributed by atoms with Crippen molar-refractivity contribution in [1.29, 1.82) is 0 Å². The summed E-state index contributed by atoms with van der Waals surface area (Å²) in [7, 11) is 0. The predicted octanol–water partition coefficient (Wildman–Crippen LogP) is 1.82. The number of aromatic nitrogens is 4. The lowest BCUT2D eigenvalue weighted by atomic mass is 10.1. The maximum Gasteiger partial charge on any atom is 0.236 e. The molecule has 0 aromatic carbocycles. The number of hydrogen-bond donors (Lipinski definition) is 0. The van der Waals surface area contributed by atoms with Gasteiger partial charge in [-0.15, -0.1) is 5.10 Å². The average Bonchev–Trinajstić information content (AvgIpc) is 2.78. The highest BCUT2D eigenvalue weighted by Gasteiger charge is 2.32. The van der Waals surface area contributed by atoms with Crippen molar-refractivity contribution in [3.8, 4) is 0 Å². The molecule has 1 saturated heterocycles. The van der Waals surface area contributed by atoms with Crippen LogP contribution in [0.25, 0.3) is 0 Å². The molecule has 0 saturated carbocycles. The van der Waals surface area contributed by atoms with E-state index in [1.165, 1.54) is 11.8 Å². The highest BCUT2D eigenvalue weighted by atomic mass is 32.2. The lowest BCUT2D eigenvalue weighted by Crippen LogP contribution is -2.46. The highest BCUT2D eigenvalue weighted by Crippen LogP contribution is 2.29. The van der Waals surface area contributed by atoms with Crippen molar-refractivity contribution in [2.45, 2.75) is 63.5 Å². The molecule has 1 unspecified atom stereocenters. The van der Waals surface area contributed by atoms with Gasteiger partial charge in [-0.2, -0.15) is 0 Å². The van der Waals surface area contributed by atoms with E-state index in [-0.39, 0.29) is 17.2 Å². The molecule has 20 heavy (non-hydrogen) atoms. The van der Waals surface area contributed by atoms with E-state index < -0.39 is 0 Å². The third-order valence-electron chi connectivity index (χ3n) is 3.33. The number of amides is 1. The number of thioether (sulfide) groups is 1. The van der Waals surface area contributed by atoms with E-state index in [0.717, 1.165) is 31.1 Å². The molecular formula is C13H23N5OS. The molecule has 1 fully saturated rings. The van der Waals surface area contributed by atoms with Crippen LogP contribution in [-0.2, 0) is 11.3 Å². The van der Waals surface area contributed by atoms with Gasteiger partial charge in [-0.3, -0.25) is 4.79 Å². The SMILES string of the molecule is CC(C)Cn1nnnc1SC1CCCN(C(C)C)C1=O. The lowest BCUT2D eigenvalue weighted by Gasteiger charge is -2.34.